The number of benzene rings is 4. The summed E-state index contributed by atoms with van der Waals surface area (Å²) < 4.78 is 105. The van der Waals surface area contributed by atoms with E-state index in [0.717, 1.165) is 125 Å². The van der Waals surface area contributed by atoms with Gasteiger partial charge in [-0.1, -0.05) is 54.4 Å². The molecule has 13 nitrogen and oxygen atoms in total. The van der Waals surface area contributed by atoms with Gasteiger partial charge >= 0.3 is 5.51 Å². The topological polar surface area (TPSA) is 144 Å². The Morgan fingerprint density at radius 1 is 0.863 bits per heavy atom. The number of ether oxygens (including phenoxy) is 1. The lowest BCUT2D eigenvalue weighted by molar-refractivity contribution is -0.0435. The van der Waals surface area contributed by atoms with Crippen molar-refractivity contribution < 1.29 is 39.5 Å². The number of carbonyl (C=O) groups is 1. The zero-order chi connectivity index (χ0) is 51.4. The highest BCUT2D eigenvalue weighted by molar-refractivity contribution is 7.99. The van der Waals surface area contributed by atoms with E-state index in [4.69, 9.17) is 16.3 Å². The van der Waals surface area contributed by atoms with Crippen molar-refractivity contribution in [1.82, 2.24) is 24.7 Å². The summed E-state index contributed by atoms with van der Waals surface area (Å²) in [5.41, 5.74) is -1.05. The first-order chi connectivity index (χ1) is 34.9. The number of hydrogen-bond donors (Lipinski definition) is 3. The normalized spacial score (nSPS) is 21.8. The van der Waals surface area contributed by atoms with Crippen molar-refractivity contribution in [2.24, 2.45) is 5.41 Å². The van der Waals surface area contributed by atoms with Crippen molar-refractivity contribution in [3.05, 3.63) is 119 Å². The molecule has 20 heteroatoms. The number of allylic oxidation sites excluding steroid dienone is 1. The molecule has 0 bridgehead atoms. The molecule has 3 heterocycles. The molecule has 4 aromatic carbocycles. The molecular formula is C53H65ClF3N7O6S3. The first kappa shape index (κ1) is 53.6. The van der Waals surface area contributed by atoms with Crippen LogP contribution in [0, 0.1) is 5.41 Å². The van der Waals surface area contributed by atoms with Gasteiger partial charge in [0.25, 0.3) is 25.8 Å². The molecule has 1 amide bonds. The highest BCUT2D eigenvalue weighted by Gasteiger charge is 2.50. The molecule has 0 aromatic heterocycles. The summed E-state index contributed by atoms with van der Waals surface area (Å²) in [7, 11) is -10.9. The molecule has 1 spiro atoms. The predicted octanol–water partition coefficient (Wildman–Crippen LogP) is 8.25. The number of sulfone groups is 1. The van der Waals surface area contributed by atoms with E-state index in [0.29, 0.717) is 44.5 Å². The van der Waals surface area contributed by atoms with E-state index >= 15 is 0 Å². The highest BCUT2D eigenvalue weighted by atomic mass is 35.5. The van der Waals surface area contributed by atoms with Gasteiger partial charge in [-0.2, -0.15) is 13.2 Å². The maximum absolute atomic E-state index is 14.3. The average Bonchev–Trinajstić information content (AvgIpc) is 4.15. The van der Waals surface area contributed by atoms with Crippen LogP contribution < -0.4 is 20.3 Å². The standard InChI is InChI=1S/C53H65ClF3N7O6S3/c1-51(37-62-25-22-58-23-26-62)19-17-47(39-7-11-42(54)12-8-39)41(34-51)35-61-27-29-63(30-28-61)44-13-9-40(10-14-44)50(65)60-73(68,69)46-15-16-48(49(33-46)72(66,67)53(55,56)57)59-43(36-71-45-5-3-2-4-6-45)18-24-64-31-32-70-38-52(64)20-21-52/h2-16,33,43,58-59H,17-32,34-38H2,1H3,(H,60,65). The van der Waals surface area contributed by atoms with Crippen LogP contribution in [0.15, 0.2) is 117 Å². The van der Waals surface area contributed by atoms with Crippen LogP contribution in [-0.4, -0.2) is 152 Å². The van der Waals surface area contributed by atoms with Gasteiger partial charge in [0.2, 0.25) is 0 Å². The summed E-state index contributed by atoms with van der Waals surface area (Å²) in [6, 6.07) is 26.1. The number of rotatable bonds is 18. The van der Waals surface area contributed by atoms with Crippen LogP contribution in [0.4, 0.5) is 24.5 Å². The Balaban J connectivity index is 0.854. The summed E-state index contributed by atoms with van der Waals surface area (Å²) in [5.74, 6) is -0.644. The SMILES string of the molecule is CC1(CN2CCNCC2)CCC(c2ccc(Cl)cc2)=C(CN2CCN(c3ccc(C(=O)NS(=O)(=O)c4ccc(NC(CCN5CCOCC56CC6)CSc5ccccc5)c(S(=O)(=O)C(F)(F)F)c4)cc3)CC2)C1. The van der Waals surface area contributed by atoms with E-state index in [9.17, 15) is 34.8 Å². The van der Waals surface area contributed by atoms with Crippen molar-refractivity contribution in [2.75, 3.05) is 108 Å². The maximum atomic E-state index is 14.3. The molecule has 9 rings (SSSR count). The van der Waals surface area contributed by atoms with Gasteiger partial charge in [-0.3, -0.25) is 14.6 Å². The molecule has 3 N–H and O–H groups in total. The lowest BCUT2D eigenvalue weighted by Crippen LogP contribution is -2.49. The van der Waals surface area contributed by atoms with Crippen molar-refractivity contribution in [2.45, 2.75) is 77.2 Å². The summed E-state index contributed by atoms with van der Waals surface area (Å²) in [6.07, 6.45) is 5.59. The number of alkyl halides is 3. The Morgan fingerprint density at radius 2 is 1.58 bits per heavy atom. The zero-order valence-corrected chi connectivity index (χ0v) is 44.3. The molecule has 1 saturated carbocycles. The summed E-state index contributed by atoms with van der Waals surface area (Å²) in [5, 5.41) is 7.24. The van der Waals surface area contributed by atoms with Crippen molar-refractivity contribution in [3.63, 3.8) is 0 Å². The highest BCUT2D eigenvalue weighted by Crippen LogP contribution is 2.45. The van der Waals surface area contributed by atoms with Crippen LogP contribution in [0.2, 0.25) is 5.02 Å². The number of thioether (sulfide) groups is 1. The van der Waals surface area contributed by atoms with Crippen LogP contribution in [0.3, 0.4) is 0 Å². The largest absolute Gasteiger partial charge is 0.501 e. The van der Waals surface area contributed by atoms with Crippen molar-refractivity contribution in [3.8, 4) is 0 Å². The summed E-state index contributed by atoms with van der Waals surface area (Å²) in [4.78, 5) is 22.0. The van der Waals surface area contributed by atoms with E-state index < -0.39 is 47.1 Å². The Labute approximate surface area is 437 Å². The van der Waals surface area contributed by atoms with Gasteiger partial charge in [0.15, 0.2) is 0 Å². The van der Waals surface area contributed by atoms with Gasteiger partial charge in [0.05, 0.1) is 23.8 Å². The Hall–Kier alpha value is -4.18. The van der Waals surface area contributed by atoms with Crippen LogP contribution in [0.1, 0.15) is 61.4 Å². The number of nitrogens with zero attached hydrogens (tertiary/aromatic N) is 4. The summed E-state index contributed by atoms with van der Waals surface area (Å²) >= 11 is 7.76. The minimum absolute atomic E-state index is 0.00205. The Morgan fingerprint density at radius 3 is 2.26 bits per heavy atom. The van der Waals surface area contributed by atoms with Crippen molar-refractivity contribution in [1.29, 1.82) is 0 Å². The molecule has 3 aliphatic heterocycles. The minimum atomic E-state index is -6.07. The van der Waals surface area contributed by atoms with E-state index in [1.165, 1.54) is 40.6 Å². The number of carbonyl (C=O) groups excluding carboxylic acids is 1. The number of sulfonamides is 1. The van der Waals surface area contributed by atoms with Gasteiger partial charge in [-0.15, -0.1) is 11.8 Å². The second-order valence-electron chi connectivity index (χ2n) is 20.5. The fourth-order valence-electron chi connectivity index (χ4n) is 10.8. The lowest BCUT2D eigenvalue weighted by Gasteiger charge is -2.43. The van der Waals surface area contributed by atoms with E-state index in [2.05, 4.69) is 49.3 Å². The van der Waals surface area contributed by atoms with E-state index in [-0.39, 0.29) is 22.2 Å². The van der Waals surface area contributed by atoms with Gasteiger partial charge in [0, 0.05) is 117 Å². The molecule has 394 valence electrons. The first-order valence-electron chi connectivity index (χ1n) is 25.2. The Kier molecular flexibility index (Phi) is 16.6. The van der Waals surface area contributed by atoms with Gasteiger partial charge in [-0.05, 0) is 122 Å². The van der Waals surface area contributed by atoms with Crippen LogP contribution >= 0.6 is 23.4 Å². The first-order valence-corrected chi connectivity index (χ1v) is 29.5. The number of morpholine rings is 1. The number of anilines is 2. The predicted molar refractivity (Wildman–Crippen MR) is 283 cm³/mol. The van der Waals surface area contributed by atoms with Crippen LogP contribution in [0.5, 0.6) is 0 Å². The quantitative estimate of drug-likeness (QED) is 0.0825. The second-order valence-corrected chi connectivity index (χ2v) is 25.6. The van der Waals surface area contributed by atoms with Crippen LogP contribution in [-0.2, 0) is 24.6 Å². The van der Waals surface area contributed by atoms with Gasteiger partial charge in [0.1, 0.15) is 4.90 Å². The molecule has 2 aliphatic carbocycles. The minimum Gasteiger partial charge on any atom is -0.380 e. The third kappa shape index (κ3) is 13.1. The van der Waals surface area contributed by atoms with Gasteiger partial charge in [-0.25, -0.2) is 21.6 Å². The molecule has 2 unspecified atom stereocenters. The van der Waals surface area contributed by atoms with Crippen LogP contribution in [0.25, 0.3) is 5.57 Å². The third-order valence-corrected chi connectivity index (χ3v) is 19.4. The fraction of sp³-hybridized carbons (Fsp3) is 0.491. The smallest absolute Gasteiger partial charge is 0.380 e. The second kappa shape index (κ2) is 22.6. The number of hydrogen-bond acceptors (Lipinski definition) is 13. The number of halogens is 4. The molecule has 4 aromatic rings. The van der Waals surface area contributed by atoms with E-state index in [1.807, 2.05) is 47.2 Å². The molecule has 3 saturated heterocycles. The average molecular weight is 1080 g/mol. The molecule has 73 heavy (non-hydrogen) atoms. The maximum Gasteiger partial charge on any atom is 0.501 e. The third-order valence-electron chi connectivity index (χ3n) is 15.1. The van der Waals surface area contributed by atoms with E-state index in [1.54, 1.807) is 12.1 Å². The number of piperazine rings is 2. The molecule has 4 fully saturated rings. The number of amides is 1. The summed E-state index contributed by atoms with van der Waals surface area (Å²) in [6.45, 7) is 14.1. The lowest BCUT2D eigenvalue weighted by atomic mass is 9.71. The molecule has 2 atom stereocenters. The van der Waals surface area contributed by atoms with Gasteiger partial charge < -0.3 is 25.2 Å². The molecule has 5 aliphatic rings. The molecular weight excluding hydrogens is 1020 g/mol. The monoisotopic (exact) mass is 1080 g/mol. The molecule has 0 radical (unpaired) electrons. The zero-order valence-electron chi connectivity index (χ0n) is 41.1. The van der Waals surface area contributed by atoms with Crippen molar-refractivity contribution >= 4 is 66.1 Å². The number of nitrogens with one attached hydrogen (secondary N) is 3. The fourth-order valence-corrected chi connectivity index (χ4v) is 13.9. The Bertz CT molecular complexity index is 2830.